The van der Waals surface area contributed by atoms with Gasteiger partial charge in [-0.2, -0.15) is 11.0 Å². The van der Waals surface area contributed by atoms with E-state index in [1.807, 2.05) is 11.0 Å². The molecule has 10 nitrogen and oxygen atoms in total. The molecule has 0 radical (unpaired) electrons. The van der Waals surface area contributed by atoms with Gasteiger partial charge in [-0.25, -0.2) is 9.59 Å². The minimum Gasteiger partial charge on any atom is -0.368 e. The van der Waals surface area contributed by atoms with Gasteiger partial charge in [-0.3, -0.25) is 10.8 Å². The van der Waals surface area contributed by atoms with Crippen molar-refractivity contribution in [2.75, 3.05) is 0 Å². The van der Waals surface area contributed by atoms with Crippen LogP contribution in [0.2, 0.25) is 0 Å². The highest BCUT2D eigenvalue weighted by Gasteiger charge is 2.04. The highest BCUT2D eigenvalue weighted by Crippen LogP contribution is 2.12. The van der Waals surface area contributed by atoms with Crippen LogP contribution < -0.4 is 22.4 Å². The summed E-state index contributed by atoms with van der Waals surface area (Å²) in [7, 11) is 0. The molecule has 150 valence electrons. The average Bonchev–Trinajstić information content (AvgIpc) is 2.59. The molecule has 0 rings (SSSR count). The van der Waals surface area contributed by atoms with Crippen LogP contribution >= 0.6 is 0 Å². The molecule has 0 aliphatic carbocycles. The molecule has 10 heteroatoms. The zero-order valence-electron chi connectivity index (χ0n) is 15.3. The molecule has 0 amide bonds. The normalized spacial score (nSPS) is 10.0. The summed E-state index contributed by atoms with van der Waals surface area (Å²) in [5.41, 5.74) is 14.0. The lowest BCUT2D eigenvalue weighted by atomic mass is 10.1. The molecular formula is C16H32N6O4. The predicted molar refractivity (Wildman–Crippen MR) is 97.7 cm³/mol. The van der Waals surface area contributed by atoms with Crippen molar-refractivity contribution >= 4 is 23.9 Å². The third kappa shape index (κ3) is 17.8. The van der Waals surface area contributed by atoms with Crippen molar-refractivity contribution in [2.45, 2.75) is 77.0 Å². The molecule has 8 N–H and O–H groups in total. The van der Waals surface area contributed by atoms with E-state index in [0.29, 0.717) is 12.8 Å². The third-order valence-electron chi connectivity index (χ3n) is 3.56. The SMILES string of the molecule is N=C(N)NOC(=O)CCCCCCCCCCCCC(=O)ONC(=N)N. The average molecular weight is 372 g/mol. The maximum Gasteiger partial charge on any atom is 0.332 e. The van der Waals surface area contributed by atoms with Gasteiger partial charge in [0, 0.05) is 12.8 Å². The van der Waals surface area contributed by atoms with Crippen LogP contribution in [0.4, 0.5) is 0 Å². The van der Waals surface area contributed by atoms with Gasteiger partial charge in [-0.1, -0.05) is 51.4 Å². The van der Waals surface area contributed by atoms with Crippen LogP contribution in [0, 0.1) is 10.8 Å². The zero-order valence-corrected chi connectivity index (χ0v) is 15.3. The van der Waals surface area contributed by atoms with Crippen molar-refractivity contribution in [1.82, 2.24) is 11.0 Å². The van der Waals surface area contributed by atoms with Gasteiger partial charge in [0.25, 0.3) is 0 Å². The fraction of sp³-hybridized carbons (Fsp3) is 0.750. The largest absolute Gasteiger partial charge is 0.368 e. The molecule has 0 saturated heterocycles. The maximum absolute atomic E-state index is 11.2. The van der Waals surface area contributed by atoms with Crippen molar-refractivity contribution in [1.29, 1.82) is 10.8 Å². The van der Waals surface area contributed by atoms with Crippen LogP contribution in [0.25, 0.3) is 0 Å². The first-order chi connectivity index (χ1) is 12.4. The van der Waals surface area contributed by atoms with Gasteiger partial charge >= 0.3 is 11.9 Å². The number of hydroxylamine groups is 2. The van der Waals surface area contributed by atoms with Crippen LogP contribution in [0.1, 0.15) is 77.0 Å². The topological polar surface area (TPSA) is 176 Å². The van der Waals surface area contributed by atoms with Crippen LogP contribution in [0.3, 0.4) is 0 Å². The van der Waals surface area contributed by atoms with Crippen molar-refractivity contribution < 1.29 is 19.3 Å². The van der Waals surface area contributed by atoms with E-state index in [1.165, 1.54) is 12.8 Å². The second-order valence-corrected chi connectivity index (χ2v) is 6.02. The lowest BCUT2D eigenvalue weighted by molar-refractivity contribution is -0.148. The molecule has 0 aromatic heterocycles. The summed E-state index contributed by atoms with van der Waals surface area (Å²) in [5, 5.41) is 13.7. The summed E-state index contributed by atoms with van der Waals surface area (Å²) in [4.78, 5) is 31.6. The Bertz CT molecular complexity index is 404. The second kappa shape index (κ2) is 16.0. The number of guanidine groups is 2. The van der Waals surface area contributed by atoms with E-state index < -0.39 is 11.9 Å². The lowest BCUT2D eigenvalue weighted by Gasteiger charge is -2.05. The van der Waals surface area contributed by atoms with Crippen LogP contribution in [-0.2, 0) is 19.3 Å². The summed E-state index contributed by atoms with van der Waals surface area (Å²) in [6.45, 7) is 0. The van der Waals surface area contributed by atoms with E-state index in [2.05, 4.69) is 9.68 Å². The number of hydrogen-bond acceptors (Lipinski definition) is 6. The summed E-state index contributed by atoms with van der Waals surface area (Å²) in [5.74, 6) is -1.58. The minimum atomic E-state index is -0.402. The summed E-state index contributed by atoms with van der Waals surface area (Å²) < 4.78 is 0. The molecule has 0 aliphatic heterocycles. The molecule has 0 fully saturated rings. The zero-order chi connectivity index (χ0) is 19.6. The first kappa shape index (κ1) is 23.5. The highest BCUT2D eigenvalue weighted by molar-refractivity contribution is 5.77. The standard InChI is InChI=1S/C16H32N6O4/c17-15(18)21-25-13(23)11-9-7-5-3-1-2-4-6-8-10-12-14(24)26-22-16(19)20/h1-12H2,(H4,17,18,21)(H4,19,20,22). The minimum absolute atomic E-state index is 0.324. The van der Waals surface area contributed by atoms with Crippen LogP contribution in [0.5, 0.6) is 0 Å². The molecule has 0 heterocycles. The number of carbonyl (C=O) groups is 2. The van der Waals surface area contributed by atoms with Crippen molar-refractivity contribution in [3.05, 3.63) is 0 Å². The van der Waals surface area contributed by atoms with Gasteiger partial charge in [-0.15, -0.1) is 0 Å². The van der Waals surface area contributed by atoms with Gasteiger partial charge in [0.2, 0.25) is 11.9 Å². The summed E-state index contributed by atoms with van der Waals surface area (Å²) in [6.07, 6.45) is 10.9. The number of rotatable bonds is 13. The third-order valence-corrected chi connectivity index (χ3v) is 3.56. The number of hydrogen-bond donors (Lipinski definition) is 6. The van der Waals surface area contributed by atoms with Gasteiger partial charge in [-0.05, 0) is 12.8 Å². The number of nitrogens with one attached hydrogen (secondary N) is 4. The fourth-order valence-electron chi connectivity index (χ4n) is 2.28. The van der Waals surface area contributed by atoms with Crippen LogP contribution in [0.15, 0.2) is 0 Å². The Morgan fingerprint density at radius 1 is 0.615 bits per heavy atom. The quantitative estimate of drug-likeness (QED) is 0.122. The summed E-state index contributed by atoms with van der Waals surface area (Å²) in [6, 6.07) is 0. The Labute approximate surface area is 154 Å². The van der Waals surface area contributed by atoms with Gasteiger partial charge < -0.3 is 21.1 Å². The molecule has 0 aromatic carbocycles. The smallest absolute Gasteiger partial charge is 0.332 e. The molecule has 0 atom stereocenters. The number of nitrogens with two attached hydrogens (primary N) is 2. The molecule has 0 unspecified atom stereocenters. The molecule has 0 saturated carbocycles. The molecule has 0 spiro atoms. The van der Waals surface area contributed by atoms with E-state index in [4.69, 9.17) is 22.3 Å². The van der Waals surface area contributed by atoms with E-state index in [9.17, 15) is 9.59 Å². The van der Waals surface area contributed by atoms with Crippen LogP contribution in [-0.4, -0.2) is 23.9 Å². The molecule has 26 heavy (non-hydrogen) atoms. The molecular weight excluding hydrogens is 340 g/mol. The Kier molecular flexibility index (Phi) is 14.4. The van der Waals surface area contributed by atoms with E-state index >= 15 is 0 Å². The second-order valence-electron chi connectivity index (χ2n) is 6.02. The van der Waals surface area contributed by atoms with Crippen molar-refractivity contribution in [3.63, 3.8) is 0 Å². The Morgan fingerprint density at radius 2 is 0.885 bits per heavy atom. The van der Waals surface area contributed by atoms with Gasteiger partial charge in [0.05, 0.1) is 0 Å². The van der Waals surface area contributed by atoms with E-state index in [1.54, 1.807) is 0 Å². The van der Waals surface area contributed by atoms with Gasteiger partial charge in [0.15, 0.2) is 0 Å². The Balaban J connectivity index is 3.24. The number of unbranched alkanes of at least 4 members (excludes halogenated alkanes) is 9. The molecule has 0 aliphatic rings. The first-order valence-corrected chi connectivity index (χ1v) is 9.01. The maximum atomic E-state index is 11.2. The number of carbonyl (C=O) groups excluding carboxylic acids is 2. The van der Waals surface area contributed by atoms with Crippen molar-refractivity contribution in [2.24, 2.45) is 11.5 Å². The molecule has 0 aromatic rings. The highest BCUT2D eigenvalue weighted by atomic mass is 16.7. The van der Waals surface area contributed by atoms with E-state index in [-0.39, 0.29) is 11.9 Å². The van der Waals surface area contributed by atoms with Crippen molar-refractivity contribution in [3.8, 4) is 0 Å². The van der Waals surface area contributed by atoms with Gasteiger partial charge in [0.1, 0.15) is 0 Å². The monoisotopic (exact) mass is 372 g/mol. The summed E-state index contributed by atoms with van der Waals surface area (Å²) >= 11 is 0. The Hall–Kier alpha value is -2.52. The fourth-order valence-corrected chi connectivity index (χ4v) is 2.28. The van der Waals surface area contributed by atoms with E-state index in [0.717, 1.165) is 51.4 Å². The lowest BCUT2D eigenvalue weighted by Crippen LogP contribution is -2.32. The first-order valence-electron chi connectivity index (χ1n) is 9.01. The Morgan fingerprint density at radius 3 is 1.15 bits per heavy atom. The predicted octanol–water partition coefficient (Wildman–Crippen LogP) is 1.55. The molecule has 0 bridgehead atoms.